The smallest absolute Gasteiger partial charge is 0.136 e. The summed E-state index contributed by atoms with van der Waals surface area (Å²) in [6.07, 6.45) is 3.80. The Morgan fingerprint density at radius 2 is 2.32 bits per heavy atom. The van der Waals surface area contributed by atoms with Crippen LogP contribution in [0.5, 0.6) is 5.75 Å². The standard InChI is InChI=1S/C14H16N4O/c1-16-7-13-9-18(10-17-13)8-11-3-4-12(6-15)14(5-11)19-2/h3-5,9-10,16H,7-8H2,1-2H3. The van der Waals surface area contributed by atoms with Gasteiger partial charge in [-0.1, -0.05) is 6.07 Å². The van der Waals surface area contributed by atoms with Gasteiger partial charge in [0.1, 0.15) is 11.8 Å². The molecule has 1 N–H and O–H groups in total. The number of hydrogen-bond donors (Lipinski definition) is 1. The molecule has 0 unspecified atom stereocenters. The number of nitrogens with one attached hydrogen (secondary N) is 1. The molecule has 0 aliphatic heterocycles. The van der Waals surface area contributed by atoms with Crippen molar-refractivity contribution in [1.29, 1.82) is 5.26 Å². The lowest BCUT2D eigenvalue weighted by atomic mass is 10.1. The Balaban J connectivity index is 2.16. The monoisotopic (exact) mass is 256 g/mol. The molecule has 0 saturated heterocycles. The zero-order chi connectivity index (χ0) is 13.7. The number of rotatable bonds is 5. The number of hydrogen-bond acceptors (Lipinski definition) is 4. The minimum Gasteiger partial charge on any atom is -0.495 e. The summed E-state index contributed by atoms with van der Waals surface area (Å²) in [5.74, 6) is 0.607. The highest BCUT2D eigenvalue weighted by atomic mass is 16.5. The van der Waals surface area contributed by atoms with Gasteiger partial charge in [-0.05, 0) is 24.7 Å². The molecular formula is C14H16N4O. The Morgan fingerprint density at radius 1 is 1.47 bits per heavy atom. The van der Waals surface area contributed by atoms with E-state index in [1.165, 1.54) is 0 Å². The maximum absolute atomic E-state index is 8.94. The van der Waals surface area contributed by atoms with Gasteiger partial charge in [-0.15, -0.1) is 0 Å². The third kappa shape index (κ3) is 3.12. The first-order valence-electron chi connectivity index (χ1n) is 5.99. The predicted octanol–water partition coefficient (Wildman–Crippen LogP) is 1.53. The third-order valence-corrected chi connectivity index (χ3v) is 2.80. The molecule has 5 heteroatoms. The predicted molar refractivity (Wildman–Crippen MR) is 71.8 cm³/mol. The van der Waals surface area contributed by atoms with Crippen LogP contribution in [0.25, 0.3) is 0 Å². The maximum Gasteiger partial charge on any atom is 0.136 e. The van der Waals surface area contributed by atoms with Crippen LogP contribution in [0.3, 0.4) is 0 Å². The number of ether oxygens (including phenoxy) is 1. The second-order valence-electron chi connectivity index (χ2n) is 4.21. The van der Waals surface area contributed by atoms with E-state index < -0.39 is 0 Å². The van der Waals surface area contributed by atoms with Crippen molar-refractivity contribution in [1.82, 2.24) is 14.9 Å². The minimum atomic E-state index is 0.549. The van der Waals surface area contributed by atoms with Gasteiger partial charge in [-0.25, -0.2) is 4.98 Å². The van der Waals surface area contributed by atoms with Gasteiger partial charge in [0, 0.05) is 19.3 Å². The summed E-state index contributed by atoms with van der Waals surface area (Å²) < 4.78 is 7.21. The molecule has 0 aliphatic carbocycles. The van der Waals surface area contributed by atoms with Crippen LogP contribution in [0.15, 0.2) is 30.7 Å². The van der Waals surface area contributed by atoms with E-state index in [2.05, 4.69) is 16.4 Å². The fraction of sp³-hybridized carbons (Fsp3) is 0.286. The first-order valence-corrected chi connectivity index (χ1v) is 5.99. The zero-order valence-corrected chi connectivity index (χ0v) is 11.1. The molecule has 2 rings (SSSR count). The molecule has 0 spiro atoms. The molecule has 1 aromatic heterocycles. The fourth-order valence-corrected chi connectivity index (χ4v) is 1.90. The van der Waals surface area contributed by atoms with Crippen LogP contribution >= 0.6 is 0 Å². The van der Waals surface area contributed by atoms with E-state index in [-0.39, 0.29) is 0 Å². The Kier molecular flexibility index (Phi) is 4.16. The normalized spacial score (nSPS) is 10.2. The summed E-state index contributed by atoms with van der Waals surface area (Å²) in [7, 11) is 3.46. The van der Waals surface area contributed by atoms with Gasteiger partial charge in [0.05, 0.1) is 24.7 Å². The van der Waals surface area contributed by atoms with E-state index >= 15 is 0 Å². The van der Waals surface area contributed by atoms with Gasteiger partial charge in [-0.3, -0.25) is 0 Å². The van der Waals surface area contributed by atoms with Crippen molar-refractivity contribution < 1.29 is 4.74 Å². The molecular weight excluding hydrogens is 240 g/mol. The van der Waals surface area contributed by atoms with Gasteiger partial charge >= 0.3 is 0 Å². The molecule has 2 aromatic rings. The Morgan fingerprint density at radius 3 is 3.00 bits per heavy atom. The number of nitriles is 1. The zero-order valence-electron chi connectivity index (χ0n) is 11.1. The molecule has 1 aromatic carbocycles. The maximum atomic E-state index is 8.94. The SMILES string of the molecule is CNCc1cn(Cc2ccc(C#N)c(OC)c2)cn1. The molecule has 1 heterocycles. The van der Waals surface area contributed by atoms with E-state index in [4.69, 9.17) is 10.00 Å². The van der Waals surface area contributed by atoms with Crippen LogP contribution < -0.4 is 10.1 Å². The number of nitrogens with zero attached hydrogens (tertiary/aromatic N) is 3. The van der Waals surface area contributed by atoms with Gasteiger partial charge in [0.15, 0.2) is 0 Å². The summed E-state index contributed by atoms with van der Waals surface area (Å²) in [6.45, 7) is 1.46. The average molecular weight is 256 g/mol. The first kappa shape index (κ1) is 13.1. The topological polar surface area (TPSA) is 62.9 Å². The van der Waals surface area contributed by atoms with Crippen molar-refractivity contribution in [2.75, 3.05) is 14.2 Å². The summed E-state index contributed by atoms with van der Waals surface area (Å²) in [5.41, 5.74) is 2.63. The van der Waals surface area contributed by atoms with Crippen LogP contribution in [0.2, 0.25) is 0 Å². The van der Waals surface area contributed by atoms with E-state index in [1.54, 1.807) is 19.5 Å². The van der Waals surface area contributed by atoms with Crippen LogP contribution in [0.1, 0.15) is 16.8 Å². The minimum absolute atomic E-state index is 0.549. The van der Waals surface area contributed by atoms with E-state index in [1.807, 2.05) is 29.9 Å². The third-order valence-electron chi connectivity index (χ3n) is 2.80. The quantitative estimate of drug-likeness (QED) is 0.881. The Labute approximate surface area is 112 Å². The fourth-order valence-electron chi connectivity index (χ4n) is 1.90. The van der Waals surface area contributed by atoms with E-state index in [0.29, 0.717) is 17.9 Å². The van der Waals surface area contributed by atoms with Crippen molar-refractivity contribution in [2.45, 2.75) is 13.1 Å². The molecule has 5 nitrogen and oxygen atoms in total. The summed E-state index contributed by atoms with van der Waals surface area (Å²) >= 11 is 0. The van der Waals surface area contributed by atoms with Crippen LogP contribution in [0.4, 0.5) is 0 Å². The Bertz CT molecular complexity index is 598. The lowest BCUT2D eigenvalue weighted by Gasteiger charge is -2.07. The number of aromatic nitrogens is 2. The highest BCUT2D eigenvalue weighted by molar-refractivity contribution is 5.45. The van der Waals surface area contributed by atoms with Crippen LogP contribution in [0, 0.1) is 11.3 Å². The van der Waals surface area contributed by atoms with Gasteiger partial charge in [0.25, 0.3) is 0 Å². The van der Waals surface area contributed by atoms with Crippen LogP contribution in [-0.4, -0.2) is 23.7 Å². The van der Waals surface area contributed by atoms with Gasteiger partial charge in [0.2, 0.25) is 0 Å². The number of benzene rings is 1. The molecule has 0 atom stereocenters. The number of methoxy groups -OCH3 is 1. The van der Waals surface area contributed by atoms with Crippen molar-refractivity contribution in [3.8, 4) is 11.8 Å². The van der Waals surface area contributed by atoms with Crippen molar-refractivity contribution >= 4 is 0 Å². The molecule has 0 saturated carbocycles. The molecule has 0 aliphatic rings. The highest BCUT2D eigenvalue weighted by Gasteiger charge is 2.05. The summed E-state index contributed by atoms with van der Waals surface area (Å²) in [5, 5.41) is 12.0. The second kappa shape index (κ2) is 6.03. The molecule has 0 amide bonds. The molecule has 0 bridgehead atoms. The lowest BCUT2D eigenvalue weighted by molar-refractivity contribution is 0.413. The largest absolute Gasteiger partial charge is 0.495 e. The first-order chi connectivity index (χ1) is 9.26. The van der Waals surface area contributed by atoms with E-state index in [0.717, 1.165) is 17.8 Å². The Hall–Kier alpha value is -2.32. The highest BCUT2D eigenvalue weighted by Crippen LogP contribution is 2.19. The molecule has 0 radical (unpaired) electrons. The molecule has 19 heavy (non-hydrogen) atoms. The van der Waals surface area contributed by atoms with Gasteiger partial charge in [-0.2, -0.15) is 5.26 Å². The van der Waals surface area contributed by atoms with Crippen molar-refractivity contribution in [2.24, 2.45) is 0 Å². The van der Waals surface area contributed by atoms with Gasteiger partial charge < -0.3 is 14.6 Å². The van der Waals surface area contributed by atoms with Crippen LogP contribution in [-0.2, 0) is 13.1 Å². The number of imidazole rings is 1. The molecule has 0 fully saturated rings. The van der Waals surface area contributed by atoms with Crippen molar-refractivity contribution in [3.63, 3.8) is 0 Å². The summed E-state index contributed by atoms with van der Waals surface area (Å²) in [4.78, 5) is 4.30. The summed E-state index contributed by atoms with van der Waals surface area (Å²) in [6, 6.07) is 7.70. The molecule has 98 valence electrons. The van der Waals surface area contributed by atoms with E-state index in [9.17, 15) is 0 Å². The van der Waals surface area contributed by atoms with Crippen molar-refractivity contribution in [3.05, 3.63) is 47.5 Å². The second-order valence-corrected chi connectivity index (χ2v) is 4.21. The lowest BCUT2D eigenvalue weighted by Crippen LogP contribution is -2.05. The average Bonchev–Trinajstić information content (AvgIpc) is 2.86.